The standard InChI is InChI=1S/C19H24N2O2/c1-12(2)16-11-23-18-4-3-14(9-15(16)18)19(22)20-17-10-21-7-5-13(17)6-8-21/h3-4,9,11-13,17H,5-8,10H2,1-2H3,(H,20,22)/t17-/m1/s1. The summed E-state index contributed by atoms with van der Waals surface area (Å²) in [7, 11) is 0. The molecule has 1 aromatic carbocycles. The molecule has 3 fully saturated rings. The lowest BCUT2D eigenvalue weighted by atomic mass is 9.84. The van der Waals surface area contributed by atoms with Crippen molar-refractivity contribution >= 4 is 16.9 Å². The molecule has 3 saturated heterocycles. The number of piperidine rings is 3. The number of rotatable bonds is 3. The van der Waals surface area contributed by atoms with Gasteiger partial charge in [-0.05, 0) is 56.0 Å². The lowest BCUT2D eigenvalue weighted by Crippen LogP contribution is -2.57. The monoisotopic (exact) mass is 312 g/mol. The van der Waals surface area contributed by atoms with Crippen molar-refractivity contribution in [2.45, 2.75) is 38.6 Å². The number of nitrogens with one attached hydrogen (secondary N) is 1. The van der Waals surface area contributed by atoms with Crippen molar-refractivity contribution < 1.29 is 9.21 Å². The highest BCUT2D eigenvalue weighted by molar-refractivity contribution is 5.98. The number of hydrogen-bond acceptors (Lipinski definition) is 3. The number of fused-ring (bicyclic) bond motifs is 4. The molecule has 23 heavy (non-hydrogen) atoms. The van der Waals surface area contributed by atoms with Crippen molar-refractivity contribution in [3.05, 3.63) is 35.6 Å². The highest BCUT2D eigenvalue weighted by Gasteiger charge is 2.34. The second kappa shape index (κ2) is 5.68. The zero-order valence-electron chi connectivity index (χ0n) is 13.8. The van der Waals surface area contributed by atoms with E-state index in [4.69, 9.17) is 4.42 Å². The van der Waals surface area contributed by atoms with Crippen LogP contribution in [0.3, 0.4) is 0 Å². The average molecular weight is 312 g/mol. The maximum absolute atomic E-state index is 12.7. The smallest absolute Gasteiger partial charge is 0.251 e. The van der Waals surface area contributed by atoms with Gasteiger partial charge in [-0.15, -0.1) is 0 Å². The maximum atomic E-state index is 12.7. The maximum Gasteiger partial charge on any atom is 0.251 e. The minimum absolute atomic E-state index is 0.0431. The summed E-state index contributed by atoms with van der Waals surface area (Å²) in [5, 5.41) is 4.32. The first kappa shape index (κ1) is 14.8. The van der Waals surface area contributed by atoms with Crippen LogP contribution in [0.25, 0.3) is 11.0 Å². The van der Waals surface area contributed by atoms with Gasteiger partial charge in [-0.2, -0.15) is 0 Å². The van der Waals surface area contributed by atoms with E-state index in [-0.39, 0.29) is 5.91 Å². The first-order chi connectivity index (χ1) is 11.1. The molecule has 1 N–H and O–H groups in total. The van der Waals surface area contributed by atoms with Gasteiger partial charge in [-0.3, -0.25) is 4.79 Å². The summed E-state index contributed by atoms with van der Waals surface area (Å²) in [6.07, 6.45) is 4.23. The molecule has 0 aliphatic carbocycles. The van der Waals surface area contributed by atoms with Crippen molar-refractivity contribution in [3.63, 3.8) is 0 Å². The first-order valence-electron chi connectivity index (χ1n) is 8.66. The Bertz CT molecular complexity index is 726. The minimum Gasteiger partial charge on any atom is -0.464 e. The first-order valence-corrected chi connectivity index (χ1v) is 8.66. The summed E-state index contributed by atoms with van der Waals surface area (Å²) in [5.41, 5.74) is 2.75. The van der Waals surface area contributed by atoms with Gasteiger partial charge in [0.2, 0.25) is 0 Å². The van der Waals surface area contributed by atoms with Crippen molar-refractivity contribution in [2.75, 3.05) is 19.6 Å². The van der Waals surface area contributed by atoms with E-state index in [1.54, 1.807) is 0 Å². The Labute approximate surface area is 136 Å². The second-order valence-corrected chi connectivity index (χ2v) is 7.27. The molecule has 4 nitrogen and oxygen atoms in total. The van der Waals surface area contributed by atoms with E-state index in [2.05, 4.69) is 24.1 Å². The molecule has 2 aromatic rings. The lowest BCUT2D eigenvalue weighted by molar-refractivity contribution is 0.0620. The SMILES string of the molecule is CC(C)c1coc2ccc(C(=O)N[C@@H]3CN4CCC3CC4)cc12. The summed E-state index contributed by atoms with van der Waals surface area (Å²) in [5.74, 6) is 1.07. The van der Waals surface area contributed by atoms with Crippen LogP contribution in [0.5, 0.6) is 0 Å². The van der Waals surface area contributed by atoms with Gasteiger partial charge in [-0.1, -0.05) is 13.8 Å². The zero-order valence-corrected chi connectivity index (χ0v) is 13.8. The molecule has 1 aromatic heterocycles. The molecule has 0 saturated carbocycles. The van der Waals surface area contributed by atoms with E-state index >= 15 is 0 Å². The van der Waals surface area contributed by atoms with E-state index in [1.807, 2.05) is 24.5 Å². The van der Waals surface area contributed by atoms with Crippen LogP contribution in [-0.2, 0) is 0 Å². The number of furan rings is 1. The molecule has 5 rings (SSSR count). The summed E-state index contributed by atoms with van der Waals surface area (Å²) in [6.45, 7) is 7.67. The predicted molar refractivity (Wildman–Crippen MR) is 90.7 cm³/mol. The Morgan fingerprint density at radius 1 is 1.30 bits per heavy atom. The molecule has 122 valence electrons. The van der Waals surface area contributed by atoms with Crippen LogP contribution in [0.15, 0.2) is 28.9 Å². The van der Waals surface area contributed by atoms with Crippen LogP contribution in [0.1, 0.15) is 48.5 Å². The van der Waals surface area contributed by atoms with E-state index in [0.29, 0.717) is 17.9 Å². The largest absolute Gasteiger partial charge is 0.464 e. The number of hydrogen-bond donors (Lipinski definition) is 1. The molecule has 1 atom stereocenters. The minimum atomic E-state index is 0.0431. The van der Waals surface area contributed by atoms with Crippen LogP contribution in [0.2, 0.25) is 0 Å². The third kappa shape index (κ3) is 2.65. The third-order valence-corrected chi connectivity index (χ3v) is 5.46. The van der Waals surface area contributed by atoms with Crippen LogP contribution in [0, 0.1) is 5.92 Å². The second-order valence-electron chi connectivity index (χ2n) is 7.27. The Morgan fingerprint density at radius 2 is 2.09 bits per heavy atom. The summed E-state index contributed by atoms with van der Waals surface area (Å²) in [6, 6.07) is 6.05. The van der Waals surface area contributed by atoms with Gasteiger partial charge in [0.15, 0.2) is 0 Å². The van der Waals surface area contributed by atoms with Crippen LogP contribution in [0.4, 0.5) is 0 Å². The molecule has 0 spiro atoms. The van der Waals surface area contributed by atoms with Crippen LogP contribution < -0.4 is 5.32 Å². The predicted octanol–water partition coefficient (Wildman–Crippen LogP) is 3.38. The van der Waals surface area contributed by atoms with Gasteiger partial charge < -0.3 is 14.6 Å². The van der Waals surface area contributed by atoms with Gasteiger partial charge in [0.05, 0.1) is 6.26 Å². The molecular weight excluding hydrogens is 288 g/mol. The normalized spacial score (nSPS) is 26.8. The van der Waals surface area contributed by atoms with Gasteiger partial charge >= 0.3 is 0 Å². The molecule has 4 heterocycles. The fraction of sp³-hybridized carbons (Fsp3) is 0.526. The average Bonchev–Trinajstić information content (AvgIpc) is 2.99. The van der Waals surface area contributed by atoms with Crippen LogP contribution in [-0.4, -0.2) is 36.5 Å². The number of amides is 1. The number of benzene rings is 1. The molecule has 4 heteroatoms. The van der Waals surface area contributed by atoms with Crippen molar-refractivity contribution in [2.24, 2.45) is 5.92 Å². The molecule has 1 amide bonds. The topological polar surface area (TPSA) is 45.5 Å². The van der Waals surface area contributed by atoms with E-state index < -0.39 is 0 Å². The van der Waals surface area contributed by atoms with Crippen molar-refractivity contribution in [1.82, 2.24) is 10.2 Å². The molecule has 3 aliphatic heterocycles. The third-order valence-electron chi connectivity index (χ3n) is 5.46. The van der Waals surface area contributed by atoms with Gasteiger partial charge in [0, 0.05) is 29.1 Å². The van der Waals surface area contributed by atoms with Crippen LogP contribution >= 0.6 is 0 Å². The molecule has 0 unspecified atom stereocenters. The Balaban J connectivity index is 1.56. The molecule has 0 radical (unpaired) electrons. The van der Waals surface area contributed by atoms with Gasteiger partial charge in [-0.25, -0.2) is 0 Å². The van der Waals surface area contributed by atoms with E-state index in [1.165, 1.54) is 25.9 Å². The van der Waals surface area contributed by atoms with Crippen molar-refractivity contribution in [1.29, 1.82) is 0 Å². The molecular formula is C19H24N2O2. The van der Waals surface area contributed by atoms with Crippen molar-refractivity contribution in [3.8, 4) is 0 Å². The fourth-order valence-electron chi connectivity index (χ4n) is 4.02. The molecule has 3 aliphatic rings. The van der Waals surface area contributed by atoms with Gasteiger partial charge in [0.25, 0.3) is 5.91 Å². The Hall–Kier alpha value is -1.81. The van der Waals surface area contributed by atoms with E-state index in [0.717, 1.165) is 28.6 Å². The Kier molecular flexibility index (Phi) is 3.64. The number of carbonyl (C=O) groups is 1. The van der Waals surface area contributed by atoms with Gasteiger partial charge in [0.1, 0.15) is 5.58 Å². The molecule has 2 bridgehead atoms. The highest BCUT2D eigenvalue weighted by Crippen LogP contribution is 2.29. The summed E-state index contributed by atoms with van der Waals surface area (Å²) in [4.78, 5) is 15.1. The fourth-order valence-corrected chi connectivity index (χ4v) is 4.02. The van der Waals surface area contributed by atoms with E-state index in [9.17, 15) is 4.79 Å². The number of carbonyl (C=O) groups excluding carboxylic acids is 1. The summed E-state index contributed by atoms with van der Waals surface area (Å²) < 4.78 is 5.60. The lowest BCUT2D eigenvalue weighted by Gasteiger charge is -2.44. The Morgan fingerprint density at radius 3 is 2.74 bits per heavy atom. The highest BCUT2D eigenvalue weighted by atomic mass is 16.3. The number of nitrogens with zero attached hydrogens (tertiary/aromatic N) is 1. The quantitative estimate of drug-likeness (QED) is 0.945. The zero-order chi connectivity index (χ0) is 16.0. The summed E-state index contributed by atoms with van der Waals surface area (Å²) >= 11 is 0.